The van der Waals surface area contributed by atoms with Crippen molar-refractivity contribution in [2.24, 2.45) is 0 Å². The summed E-state index contributed by atoms with van der Waals surface area (Å²) in [7, 11) is 2.18. The third-order valence-electron chi connectivity index (χ3n) is 6.02. The van der Waals surface area contributed by atoms with Crippen molar-refractivity contribution in [3.63, 3.8) is 0 Å². The number of allylic oxidation sites excluding steroid dienone is 1. The molecule has 3 aliphatic heterocycles. The number of anilines is 1. The van der Waals surface area contributed by atoms with E-state index in [0.717, 1.165) is 52.6 Å². The van der Waals surface area contributed by atoms with E-state index in [1.807, 2.05) is 0 Å². The topological polar surface area (TPSA) is 28.2 Å². The molecule has 1 aromatic carbocycles. The minimum atomic E-state index is -2.03. The SMILES string of the molecule is CN1C(=CP(=S)(N2CCOCC2)N2CCOCC2)C(C)(C)c2ccccc21. The second-order valence-electron chi connectivity index (χ2n) is 7.94. The van der Waals surface area contributed by atoms with Crippen LogP contribution in [0.1, 0.15) is 19.4 Å². The van der Waals surface area contributed by atoms with Gasteiger partial charge in [-0.3, -0.25) is 9.34 Å². The van der Waals surface area contributed by atoms with Gasteiger partial charge in [-0.1, -0.05) is 43.9 Å². The molecule has 0 amide bonds. The van der Waals surface area contributed by atoms with Crippen molar-refractivity contribution in [2.75, 3.05) is 64.6 Å². The molecule has 3 aliphatic rings. The normalized spacial score (nSPS) is 25.7. The number of fused-ring (bicyclic) bond motifs is 1. The number of likely N-dealkylation sites (N-methyl/N-ethyl adjacent to an activating group) is 1. The monoisotopic (exact) mass is 407 g/mol. The number of rotatable bonds is 3. The zero-order chi connectivity index (χ0) is 19.1. The standard InChI is InChI=1S/C20H30N3O2PS/c1-20(2)17-6-4-5-7-18(17)21(3)19(20)16-26(27,22-8-12-24-13-9-22)23-10-14-25-15-11-23/h4-7,16H,8-15H2,1-3H3. The molecule has 2 fully saturated rings. The maximum Gasteiger partial charge on any atom is 0.102 e. The Morgan fingerprint density at radius 2 is 1.48 bits per heavy atom. The van der Waals surface area contributed by atoms with Crippen LogP contribution in [-0.4, -0.2) is 69.0 Å². The maximum absolute atomic E-state index is 6.49. The number of para-hydroxylation sites is 1. The minimum Gasteiger partial charge on any atom is -0.379 e. The van der Waals surface area contributed by atoms with Crippen LogP contribution in [0.25, 0.3) is 0 Å². The molecule has 0 radical (unpaired) electrons. The van der Waals surface area contributed by atoms with Gasteiger partial charge in [-0.15, -0.1) is 0 Å². The average molecular weight is 408 g/mol. The Labute approximate surface area is 168 Å². The molecule has 27 heavy (non-hydrogen) atoms. The van der Waals surface area contributed by atoms with Crippen LogP contribution in [-0.2, 0) is 26.7 Å². The molecule has 0 saturated carbocycles. The van der Waals surface area contributed by atoms with E-state index < -0.39 is 6.34 Å². The Morgan fingerprint density at radius 3 is 2.00 bits per heavy atom. The van der Waals surface area contributed by atoms with Crippen LogP contribution in [0, 0.1) is 0 Å². The van der Waals surface area contributed by atoms with Crippen molar-refractivity contribution in [1.82, 2.24) is 9.34 Å². The lowest BCUT2D eigenvalue weighted by Crippen LogP contribution is -2.43. The van der Waals surface area contributed by atoms with Gasteiger partial charge >= 0.3 is 0 Å². The summed E-state index contributed by atoms with van der Waals surface area (Å²) in [6, 6.07) is 8.72. The van der Waals surface area contributed by atoms with Crippen LogP contribution < -0.4 is 4.90 Å². The van der Waals surface area contributed by atoms with Crippen LogP contribution in [0.4, 0.5) is 5.69 Å². The molecule has 0 aliphatic carbocycles. The first kappa shape index (κ1) is 19.6. The van der Waals surface area contributed by atoms with Crippen LogP contribution in [0.5, 0.6) is 0 Å². The van der Waals surface area contributed by atoms with Gasteiger partial charge in [0, 0.05) is 50.0 Å². The summed E-state index contributed by atoms with van der Waals surface area (Å²) < 4.78 is 16.3. The minimum absolute atomic E-state index is 0.0476. The lowest BCUT2D eigenvalue weighted by Gasteiger charge is -2.45. The molecule has 7 heteroatoms. The Kier molecular flexibility index (Phi) is 5.49. The first-order valence-corrected chi connectivity index (χ1v) is 12.5. The Balaban J connectivity index is 1.78. The van der Waals surface area contributed by atoms with Crippen molar-refractivity contribution >= 4 is 23.8 Å². The summed E-state index contributed by atoms with van der Waals surface area (Å²) in [5.74, 6) is 2.44. The summed E-state index contributed by atoms with van der Waals surface area (Å²) in [6.45, 7) is 11.4. The number of hydrogen-bond acceptors (Lipinski definition) is 4. The number of morpholine rings is 2. The second kappa shape index (κ2) is 7.58. The van der Waals surface area contributed by atoms with E-state index in [4.69, 9.17) is 21.3 Å². The van der Waals surface area contributed by atoms with Crippen LogP contribution >= 0.6 is 6.34 Å². The molecule has 0 N–H and O–H groups in total. The van der Waals surface area contributed by atoms with Crippen LogP contribution in [0.3, 0.4) is 0 Å². The summed E-state index contributed by atoms with van der Waals surface area (Å²) in [5, 5.41) is 0. The molecule has 0 aromatic heterocycles. The molecule has 0 atom stereocenters. The largest absolute Gasteiger partial charge is 0.379 e. The zero-order valence-corrected chi connectivity index (χ0v) is 18.3. The van der Waals surface area contributed by atoms with Crippen molar-refractivity contribution in [1.29, 1.82) is 0 Å². The van der Waals surface area contributed by atoms with Gasteiger partial charge in [0.1, 0.15) is 6.34 Å². The third kappa shape index (κ3) is 3.41. The van der Waals surface area contributed by atoms with Gasteiger partial charge in [-0.2, -0.15) is 0 Å². The Hall–Kier alpha value is -0.750. The molecule has 3 heterocycles. The van der Waals surface area contributed by atoms with Gasteiger partial charge < -0.3 is 14.4 Å². The summed E-state index contributed by atoms with van der Waals surface area (Å²) in [5.41, 5.74) is 3.95. The van der Waals surface area contributed by atoms with E-state index in [2.05, 4.69) is 65.2 Å². The Morgan fingerprint density at radius 1 is 0.963 bits per heavy atom. The molecule has 0 unspecified atom stereocenters. The summed E-state index contributed by atoms with van der Waals surface area (Å²) >= 11 is 6.49. The zero-order valence-electron chi connectivity index (χ0n) is 16.6. The van der Waals surface area contributed by atoms with Gasteiger partial charge in [-0.05, 0) is 17.4 Å². The number of hydrogen-bond donors (Lipinski definition) is 0. The predicted octanol–water partition coefficient (Wildman–Crippen LogP) is 3.23. The number of benzene rings is 1. The van der Waals surface area contributed by atoms with Gasteiger partial charge in [0.05, 0.1) is 26.4 Å². The highest BCUT2D eigenvalue weighted by molar-refractivity contribution is 8.13. The average Bonchev–Trinajstić information content (AvgIpc) is 2.90. The molecule has 1 aromatic rings. The van der Waals surface area contributed by atoms with E-state index in [0.29, 0.717) is 0 Å². The number of nitrogens with zero attached hydrogens (tertiary/aromatic N) is 3. The Bertz CT molecular complexity index is 748. The first-order valence-electron chi connectivity index (χ1n) is 9.77. The lowest BCUT2D eigenvalue weighted by atomic mass is 9.84. The molecular weight excluding hydrogens is 377 g/mol. The molecule has 5 nitrogen and oxygen atoms in total. The fourth-order valence-electron chi connectivity index (χ4n) is 4.41. The molecule has 0 bridgehead atoms. The maximum atomic E-state index is 6.49. The van der Waals surface area contributed by atoms with Gasteiger partial charge in [0.15, 0.2) is 0 Å². The molecule has 4 rings (SSSR count). The highest BCUT2D eigenvalue weighted by Crippen LogP contribution is 2.59. The fourth-order valence-corrected chi connectivity index (χ4v) is 8.66. The van der Waals surface area contributed by atoms with E-state index >= 15 is 0 Å². The predicted molar refractivity (Wildman–Crippen MR) is 115 cm³/mol. The third-order valence-corrected chi connectivity index (χ3v) is 10.7. The van der Waals surface area contributed by atoms with Crippen LogP contribution in [0.15, 0.2) is 35.8 Å². The summed E-state index contributed by atoms with van der Waals surface area (Å²) in [6.07, 6.45) is -2.03. The lowest BCUT2D eigenvalue weighted by molar-refractivity contribution is 0.0588. The molecule has 148 valence electrons. The second-order valence-corrected chi connectivity index (χ2v) is 12.1. The molecule has 0 spiro atoms. The van der Waals surface area contributed by atoms with Crippen molar-refractivity contribution in [3.8, 4) is 0 Å². The van der Waals surface area contributed by atoms with E-state index in [1.165, 1.54) is 16.9 Å². The summed E-state index contributed by atoms with van der Waals surface area (Å²) in [4.78, 5) is 2.34. The van der Waals surface area contributed by atoms with E-state index in [1.54, 1.807) is 0 Å². The van der Waals surface area contributed by atoms with Crippen LogP contribution in [0.2, 0.25) is 0 Å². The highest BCUT2D eigenvalue weighted by Gasteiger charge is 2.42. The highest BCUT2D eigenvalue weighted by atomic mass is 32.4. The first-order chi connectivity index (χ1) is 12.9. The van der Waals surface area contributed by atoms with E-state index in [-0.39, 0.29) is 5.41 Å². The van der Waals surface area contributed by atoms with Crippen molar-refractivity contribution in [2.45, 2.75) is 19.3 Å². The fraction of sp³-hybridized carbons (Fsp3) is 0.600. The smallest absolute Gasteiger partial charge is 0.102 e. The van der Waals surface area contributed by atoms with Crippen molar-refractivity contribution in [3.05, 3.63) is 41.3 Å². The molecule has 2 saturated heterocycles. The quantitative estimate of drug-likeness (QED) is 0.715. The van der Waals surface area contributed by atoms with Crippen molar-refractivity contribution < 1.29 is 9.47 Å². The van der Waals surface area contributed by atoms with Gasteiger partial charge in [-0.25, -0.2) is 0 Å². The van der Waals surface area contributed by atoms with Gasteiger partial charge in [0.25, 0.3) is 0 Å². The van der Waals surface area contributed by atoms with E-state index in [9.17, 15) is 0 Å². The van der Waals surface area contributed by atoms with Gasteiger partial charge in [0.2, 0.25) is 0 Å². The molecular formula is C20H30N3O2PS. The number of ether oxygens (including phenoxy) is 2.